The largest absolute Gasteiger partial charge is 0.462 e. The fourth-order valence-electron chi connectivity index (χ4n) is 7.46. The van der Waals surface area contributed by atoms with E-state index in [1.165, 1.54) is 161 Å². The first-order valence-corrected chi connectivity index (χ1v) is 24.7. The van der Waals surface area contributed by atoms with E-state index in [-0.39, 0.29) is 31.1 Å². The Balaban J connectivity index is 4.26. The first-order valence-electron chi connectivity index (χ1n) is 24.7. The zero-order chi connectivity index (χ0) is 41.2. The maximum absolute atomic E-state index is 12.7. The van der Waals surface area contributed by atoms with E-state index < -0.39 is 6.10 Å². The van der Waals surface area contributed by atoms with Crippen molar-refractivity contribution in [1.82, 2.24) is 0 Å². The summed E-state index contributed by atoms with van der Waals surface area (Å²) in [6.45, 7) is 11.3. The fourth-order valence-corrected chi connectivity index (χ4v) is 7.46. The molecule has 0 N–H and O–H groups in total. The molecule has 0 bridgehead atoms. The molecule has 6 heteroatoms. The van der Waals surface area contributed by atoms with Crippen LogP contribution in [-0.2, 0) is 28.6 Å². The molecule has 56 heavy (non-hydrogen) atoms. The zero-order valence-electron chi connectivity index (χ0n) is 38.3. The Morgan fingerprint density at radius 3 is 0.875 bits per heavy atom. The van der Waals surface area contributed by atoms with Crippen molar-refractivity contribution in [3.05, 3.63) is 0 Å². The quantitative estimate of drug-likeness (QED) is 0.0347. The van der Waals surface area contributed by atoms with Gasteiger partial charge in [0.2, 0.25) is 0 Å². The molecule has 0 spiro atoms. The van der Waals surface area contributed by atoms with Crippen molar-refractivity contribution < 1.29 is 28.6 Å². The monoisotopic (exact) mass is 793 g/mol. The summed E-state index contributed by atoms with van der Waals surface area (Å²) >= 11 is 0. The van der Waals surface area contributed by atoms with Gasteiger partial charge in [0.05, 0.1) is 0 Å². The van der Waals surface area contributed by atoms with Crippen molar-refractivity contribution in [3.8, 4) is 0 Å². The highest BCUT2D eigenvalue weighted by Gasteiger charge is 2.19. The molecule has 0 unspecified atom stereocenters. The van der Waals surface area contributed by atoms with Crippen LogP contribution in [0.3, 0.4) is 0 Å². The molecule has 0 aliphatic carbocycles. The Kier molecular flexibility index (Phi) is 41.8. The average Bonchev–Trinajstić information content (AvgIpc) is 3.16. The highest BCUT2D eigenvalue weighted by Crippen LogP contribution is 2.17. The summed E-state index contributed by atoms with van der Waals surface area (Å²) in [6.07, 6.45) is 42.4. The first-order chi connectivity index (χ1) is 27.2. The molecule has 1 atom stereocenters. The minimum Gasteiger partial charge on any atom is -0.462 e. The Labute approximate surface area is 348 Å². The molecule has 332 valence electrons. The Hall–Kier alpha value is -1.59. The van der Waals surface area contributed by atoms with E-state index in [0.29, 0.717) is 19.3 Å². The van der Waals surface area contributed by atoms with E-state index in [1.54, 1.807) is 0 Å². The lowest BCUT2D eigenvalue weighted by Crippen LogP contribution is -2.30. The van der Waals surface area contributed by atoms with Gasteiger partial charge in [0.25, 0.3) is 0 Å². The predicted octanol–water partition coefficient (Wildman–Crippen LogP) is 15.8. The van der Waals surface area contributed by atoms with Crippen LogP contribution in [0.25, 0.3) is 0 Å². The van der Waals surface area contributed by atoms with Crippen molar-refractivity contribution in [2.75, 3.05) is 13.2 Å². The molecule has 6 nitrogen and oxygen atoms in total. The third-order valence-electron chi connectivity index (χ3n) is 11.2. The van der Waals surface area contributed by atoms with Gasteiger partial charge in [0.1, 0.15) is 13.2 Å². The van der Waals surface area contributed by atoms with Crippen molar-refractivity contribution in [2.45, 2.75) is 278 Å². The molecule has 0 aliphatic heterocycles. The van der Waals surface area contributed by atoms with Gasteiger partial charge in [-0.1, -0.05) is 234 Å². The van der Waals surface area contributed by atoms with Gasteiger partial charge in [-0.05, 0) is 31.1 Å². The fraction of sp³-hybridized carbons (Fsp3) is 0.940. The van der Waals surface area contributed by atoms with E-state index in [1.807, 2.05) is 0 Å². The summed E-state index contributed by atoms with van der Waals surface area (Å²) in [5.41, 5.74) is 0. The topological polar surface area (TPSA) is 78.9 Å². The van der Waals surface area contributed by atoms with E-state index in [9.17, 15) is 14.4 Å². The number of hydrogen-bond acceptors (Lipinski definition) is 6. The Bertz CT molecular complexity index is 854. The van der Waals surface area contributed by atoms with Crippen molar-refractivity contribution in [2.24, 2.45) is 11.8 Å². The van der Waals surface area contributed by atoms with Gasteiger partial charge in [0, 0.05) is 19.3 Å². The van der Waals surface area contributed by atoms with Crippen LogP contribution in [0.5, 0.6) is 0 Å². The molecular formula is C50H96O6. The molecule has 0 rings (SSSR count). The minimum absolute atomic E-state index is 0.0644. The summed E-state index contributed by atoms with van der Waals surface area (Å²) < 4.78 is 16.7. The van der Waals surface area contributed by atoms with Crippen LogP contribution in [0.15, 0.2) is 0 Å². The number of ether oxygens (including phenoxy) is 3. The Morgan fingerprint density at radius 1 is 0.339 bits per heavy atom. The van der Waals surface area contributed by atoms with E-state index in [4.69, 9.17) is 14.2 Å². The number of esters is 3. The third kappa shape index (κ3) is 43.5. The van der Waals surface area contributed by atoms with Crippen LogP contribution in [0, 0.1) is 11.8 Å². The summed E-state index contributed by atoms with van der Waals surface area (Å²) in [4.78, 5) is 37.8. The van der Waals surface area contributed by atoms with Crippen LogP contribution < -0.4 is 0 Å². The second kappa shape index (κ2) is 43.0. The van der Waals surface area contributed by atoms with Crippen LogP contribution >= 0.6 is 0 Å². The van der Waals surface area contributed by atoms with Gasteiger partial charge in [0.15, 0.2) is 6.10 Å². The molecule has 0 fully saturated rings. The standard InChI is InChI=1S/C50H96O6/c1-6-7-8-9-10-11-19-25-30-35-40-48(51)54-43-47(56-50(53)42-37-32-27-22-21-24-29-34-39-46(4)5)44-55-49(52)41-36-31-26-20-17-15-13-12-14-16-18-23-28-33-38-45(2)3/h45-47H,6-44H2,1-5H3/t47-/m1/s1. The molecule has 0 aliphatic rings. The summed E-state index contributed by atoms with van der Waals surface area (Å²) in [6, 6.07) is 0. The van der Waals surface area contributed by atoms with E-state index in [2.05, 4.69) is 34.6 Å². The molecule has 0 saturated carbocycles. The number of rotatable bonds is 44. The number of carbonyl (C=O) groups is 3. The summed E-state index contributed by atoms with van der Waals surface area (Å²) in [5.74, 6) is 0.784. The van der Waals surface area contributed by atoms with Crippen molar-refractivity contribution >= 4 is 17.9 Å². The summed E-state index contributed by atoms with van der Waals surface area (Å²) in [5, 5.41) is 0. The maximum Gasteiger partial charge on any atom is 0.306 e. The number of carbonyl (C=O) groups excluding carboxylic acids is 3. The van der Waals surface area contributed by atoms with Crippen LogP contribution in [0.4, 0.5) is 0 Å². The van der Waals surface area contributed by atoms with Crippen LogP contribution in [-0.4, -0.2) is 37.2 Å². The highest BCUT2D eigenvalue weighted by molar-refractivity contribution is 5.71. The predicted molar refractivity (Wildman–Crippen MR) is 238 cm³/mol. The SMILES string of the molecule is CCCCCCCCCCCCC(=O)OC[C@H](COC(=O)CCCCCCCCCCCCCCCCC(C)C)OC(=O)CCCCCCCCCCC(C)C. The minimum atomic E-state index is -0.760. The molecule has 0 saturated heterocycles. The number of unbranched alkanes of at least 4 members (excludes halogenated alkanes) is 29. The lowest BCUT2D eigenvalue weighted by Gasteiger charge is -2.18. The smallest absolute Gasteiger partial charge is 0.306 e. The molecule has 0 aromatic carbocycles. The molecular weight excluding hydrogens is 697 g/mol. The van der Waals surface area contributed by atoms with Crippen molar-refractivity contribution in [1.29, 1.82) is 0 Å². The van der Waals surface area contributed by atoms with Gasteiger partial charge >= 0.3 is 17.9 Å². The molecule has 0 aromatic heterocycles. The Morgan fingerprint density at radius 2 is 0.589 bits per heavy atom. The molecule has 0 heterocycles. The average molecular weight is 793 g/mol. The maximum atomic E-state index is 12.7. The number of hydrogen-bond donors (Lipinski definition) is 0. The zero-order valence-corrected chi connectivity index (χ0v) is 38.3. The van der Waals surface area contributed by atoms with E-state index in [0.717, 1.165) is 69.6 Å². The summed E-state index contributed by atoms with van der Waals surface area (Å²) in [7, 11) is 0. The first kappa shape index (κ1) is 54.4. The molecule has 0 amide bonds. The second-order valence-corrected chi connectivity index (χ2v) is 18.1. The second-order valence-electron chi connectivity index (χ2n) is 18.1. The molecule has 0 radical (unpaired) electrons. The van der Waals surface area contributed by atoms with Gasteiger partial charge in [-0.3, -0.25) is 14.4 Å². The van der Waals surface area contributed by atoms with Crippen LogP contribution in [0.2, 0.25) is 0 Å². The van der Waals surface area contributed by atoms with Crippen LogP contribution in [0.1, 0.15) is 272 Å². The third-order valence-corrected chi connectivity index (χ3v) is 11.2. The lowest BCUT2D eigenvalue weighted by molar-refractivity contribution is -0.167. The molecule has 0 aromatic rings. The van der Waals surface area contributed by atoms with Crippen molar-refractivity contribution in [3.63, 3.8) is 0 Å². The van der Waals surface area contributed by atoms with Gasteiger partial charge in [-0.25, -0.2) is 0 Å². The highest BCUT2D eigenvalue weighted by atomic mass is 16.6. The van der Waals surface area contributed by atoms with Gasteiger partial charge in [-0.2, -0.15) is 0 Å². The van der Waals surface area contributed by atoms with E-state index >= 15 is 0 Å². The van der Waals surface area contributed by atoms with Gasteiger partial charge < -0.3 is 14.2 Å². The normalized spacial score (nSPS) is 12.1. The lowest BCUT2D eigenvalue weighted by atomic mass is 10.0. The van der Waals surface area contributed by atoms with Gasteiger partial charge in [-0.15, -0.1) is 0 Å².